The van der Waals surface area contributed by atoms with Crippen LogP contribution < -0.4 is 4.74 Å². The van der Waals surface area contributed by atoms with Gasteiger partial charge in [0.2, 0.25) is 0 Å². The number of benzene rings is 2. The van der Waals surface area contributed by atoms with Gasteiger partial charge < -0.3 is 9.64 Å². The first-order valence-corrected chi connectivity index (χ1v) is 8.60. The van der Waals surface area contributed by atoms with Crippen molar-refractivity contribution in [3.63, 3.8) is 0 Å². The summed E-state index contributed by atoms with van der Waals surface area (Å²) in [4.78, 5) is 23.6. The zero-order valence-corrected chi connectivity index (χ0v) is 16.3. The van der Waals surface area contributed by atoms with Crippen LogP contribution >= 0.6 is 15.9 Å². The SMILES string of the molecule is CN(C)C(=O)/C(C#N)=C\c1ccc(OCc2cccc([N+](=O)[O-])c2)c(Br)c1. The summed E-state index contributed by atoms with van der Waals surface area (Å²) >= 11 is 3.40. The first-order valence-electron chi connectivity index (χ1n) is 7.81. The Morgan fingerprint density at radius 3 is 2.67 bits per heavy atom. The molecule has 138 valence electrons. The highest BCUT2D eigenvalue weighted by atomic mass is 79.9. The van der Waals surface area contributed by atoms with Gasteiger partial charge in [-0.25, -0.2) is 0 Å². The van der Waals surface area contributed by atoms with E-state index >= 15 is 0 Å². The predicted molar refractivity (Wildman–Crippen MR) is 104 cm³/mol. The molecule has 7 nitrogen and oxygen atoms in total. The van der Waals surface area contributed by atoms with Gasteiger partial charge in [0.25, 0.3) is 11.6 Å². The van der Waals surface area contributed by atoms with Gasteiger partial charge in [-0.05, 0) is 45.3 Å². The predicted octanol–water partition coefficient (Wildman–Crippen LogP) is 3.93. The summed E-state index contributed by atoms with van der Waals surface area (Å²) in [6.07, 6.45) is 1.50. The third-order valence-electron chi connectivity index (χ3n) is 3.54. The minimum Gasteiger partial charge on any atom is -0.488 e. The van der Waals surface area contributed by atoms with E-state index in [1.807, 2.05) is 6.07 Å². The Kier molecular flexibility index (Phi) is 6.68. The maximum absolute atomic E-state index is 11.9. The van der Waals surface area contributed by atoms with Crippen LogP contribution in [0.25, 0.3) is 6.08 Å². The average molecular weight is 430 g/mol. The van der Waals surface area contributed by atoms with Gasteiger partial charge >= 0.3 is 0 Å². The summed E-state index contributed by atoms with van der Waals surface area (Å²) < 4.78 is 6.33. The fraction of sp³-hybridized carbons (Fsp3) is 0.158. The number of rotatable bonds is 6. The van der Waals surface area contributed by atoms with Crippen molar-refractivity contribution in [2.24, 2.45) is 0 Å². The van der Waals surface area contributed by atoms with Crippen LogP contribution in [0.1, 0.15) is 11.1 Å². The van der Waals surface area contributed by atoms with Gasteiger partial charge in [-0.2, -0.15) is 5.26 Å². The summed E-state index contributed by atoms with van der Waals surface area (Å²) in [6, 6.07) is 13.2. The van der Waals surface area contributed by atoms with Crippen molar-refractivity contribution in [3.05, 3.63) is 73.8 Å². The van der Waals surface area contributed by atoms with Crippen LogP contribution in [0.15, 0.2) is 52.5 Å². The average Bonchev–Trinajstić information content (AvgIpc) is 2.65. The summed E-state index contributed by atoms with van der Waals surface area (Å²) in [7, 11) is 3.16. The van der Waals surface area contributed by atoms with Gasteiger partial charge in [0, 0.05) is 26.2 Å². The summed E-state index contributed by atoms with van der Waals surface area (Å²) in [6.45, 7) is 0.165. The molecule has 0 bridgehead atoms. The molecule has 0 aromatic heterocycles. The van der Waals surface area contributed by atoms with Gasteiger partial charge in [-0.15, -0.1) is 0 Å². The van der Waals surface area contributed by atoms with Gasteiger partial charge in [0.1, 0.15) is 24.0 Å². The Labute approximate surface area is 164 Å². The van der Waals surface area contributed by atoms with Crippen LogP contribution in [-0.4, -0.2) is 29.8 Å². The molecule has 1 amide bonds. The number of carbonyl (C=O) groups excluding carboxylic acids is 1. The van der Waals surface area contributed by atoms with Gasteiger partial charge in [-0.3, -0.25) is 14.9 Å². The molecule has 0 radical (unpaired) electrons. The van der Waals surface area contributed by atoms with Crippen LogP contribution in [0.4, 0.5) is 5.69 Å². The number of nitro groups is 1. The number of carbonyl (C=O) groups is 1. The summed E-state index contributed by atoms with van der Waals surface area (Å²) in [5.41, 5.74) is 1.36. The monoisotopic (exact) mass is 429 g/mol. The Morgan fingerprint density at radius 1 is 1.33 bits per heavy atom. The molecule has 0 aliphatic heterocycles. The van der Waals surface area contributed by atoms with E-state index in [-0.39, 0.29) is 23.8 Å². The molecule has 0 fully saturated rings. The molecule has 2 rings (SSSR count). The zero-order valence-electron chi connectivity index (χ0n) is 14.7. The first kappa shape index (κ1) is 20.1. The summed E-state index contributed by atoms with van der Waals surface area (Å²) in [5.74, 6) is 0.163. The van der Waals surface area contributed by atoms with Crippen LogP contribution in [-0.2, 0) is 11.4 Å². The number of likely N-dealkylation sites (N-methyl/N-ethyl adjacent to an activating group) is 1. The van der Waals surface area contributed by atoms with E-state index in [1.54, 1.807) is 44.4 Å². The van der Waals surface area contributed by atoms with E-state index < -0.39 is 4.92 Å². The van der Waals surface area contributed by atoms with E-state index in [9.17, 15) is 14.9 Å². The second kappa shape index (κ2) is 8.96. The van der Waals surface area contributed by atoms with Gasteiger partial charge in [0.15, 0.2) is 0 Å². The molecular formula is C19H16BrN3O4. The number of hydrogen-bond donors (Lipinski definition) is 0. The van der Waals surface area contributed by atoms with E-state index in [1.165, 1.54) is 23.1 Å². The number of amides is 1. The minimum atomic E-state index is -0.456. The molecule has 8 heteroatoms. The largest absolute Gasteiger partial charge is 0.488 e. The second-order valence-electron chi connectivity index (χ2n) is 5.77. The van der Waals surface area contributed by atoms with Crippen molar-refractivity contribution in [2.75, 3.05) is 14.1 Å². The molecule has 0 atom stereocenters. The fourth-order valence-electron chi connectivity index (χ4n) is 2.19. The smallest absolute Gasteiger partial charge is 0.269 e. The molecule has 0 aliphatic carbocycles. The number of nitrogens with zero attached hydrogens (tertiary/aromatic N) is 3. The Bertz CT molecular complexity index is 948. The number of non-ortho nitro benzene ring substituents is 1. The quantitative estimate of drug-likeness (QED) is 0.300. The highest BCUT2D eigenvalue weighted by molar-refractivity contribution is 9.10. The third kappa shape index (κ3) is 5.39. The topological polar surface area (TPSA) is 96.5 Å². The molecule has 2 aromatic carbocycles. The number of halogens is 1. The lowest BCUT2D eigenvalue weighted by Crippen LogP contribution is -2.22. The zero-order chi connectivity index (χ0) is 20.0. The number of nitriles is 1. The molecule has 27 heavy (non-hydrogen) atoms. The number of nitro benzene ring substituents is 1. The van der Waals surface area contributed by atoms with E-state index in [2.05, 4.69) is 15.9 Å². The van der Waals surface area contributed by atoms with Crippen molar-refractivity contribution < 1.29 is 14.5 Å². The number of ether oxygens (including phenoxy) is 1. The lowest BCUT2D eigenvalue weighted by Gasteiger charge is -2.10. The molecule has 0 saturated heterocycles. The second-order valence-corrected chi connectivity index (χ2v) is 6.63. The maximum Gasteiger partial charge on any atom is 0.269 e. The molecule has 0 N–H and O–H groups in total. The van der Waals surface area contributed by atoms with Crippen LogP contribution in [0.3, 0.4) is 0 Å². The molecule has 0 unspecified atom stereocenters. The molecule has 0 heterocycles. The maximum atomic E-state index is 11.9. The minimum absolute atomic E-state index is 0.00485. The lowest BCUT2D eigenvalue weighted by atomic mass is 10.1. The lowest BCUT2D eigenvalue weighted by molar-refractivity contribution is -0.384. The van der Waals surface area contributed by atoms with E-state index in [4.69, 9.17) is 10.00 Å². The van der Waals surface area contributed by atoms with Crippen LogP contribution in [0.5, 0.6) is 5.75 Å². The fourth-order valence-corrected chi connectivity index (χ4v) is 2.71. The van der Waals surface area contributed by atoms with E-state index in [0.29, 0.717) is 21.3 Å². The first-order chi connectivity index (χ1) is 12.8. The van der Waals surface area contributed by atoms with Gasteiger partial charge in [0.05, 0.1) is 9.40 Å². The molecule has 0 saturated carbocycles. The highest BCUT2D eigenvalue weighted by Crippen LogP contribution is 2.28. The van der Waals surface area contributed by atoms with Crippen molar-refractivity contribution in [3.8, 4) is 11.8 Å². The standard InChI is InChI=1S/C19H16BrN3O4/c1-22(2)19(24)15(11-21)8-13-6-7-18(17(20)10-13)27-12-14-4-3-5-16(9-14)23(25)26/h3-10H,12H2,1-2H3/b15-8-. The summed E-state index contributed by atoms with van der Waals surface area (Å²) in [5, 5.41) is 20.0. The van der Waals surface area contributed by atoms with Crippen LogP contribution in [0, 0.1) is 21.4 Å². The normalized spacial score (nSPS) is 10.8. The third-order valence-corrected chi connectivity index (χ3v) is 4.16. The number of hydrogen-bond acceptors (Lipinski definition) is 5. The molecule has 0 aliphatic rings. The molecular weight excluding hydrogens is 414 g/mol. The van der Waals surface area contributed by atoms with Crippen LogP contribution in [0.2, 0.25) is 0 Å². The molecule has 0 spiro atoms. The van der Waals surface area contributed by atoms with Crippen molar-refractivity contribution in [1.29, 1.82) is 5.26 Å². The van der Waals surface area contributed by atoms with Crippen molar-refractivity contribution in [1.82, 2.24) is 4.90 Å². The van der Waals surface area contributed by atoms with Crippen molar-refractivity contribution >= 4 is 33.6 Å². The Morgan fingerprint density at radius 2 is 2.07 bits per heavy atom. The Balaban J connectivity index is 2.15. The Hall–Kier alpha value is -3.18. The van der Waals surface area contributed by atoms with E-state index in [0.717, 1.165) is 0 Å². The van der Waals surface area contributed by atoms with Crippen molar-refractivity contribution in [2.45, 2.75) is 6.61 Å². The highest BCUT2D eigenvalue weighted by Gasteiger charge is 2.12. The molecule has 2 aromatic rings. The van der Waals surface area contributed by atoms with Gasteiger partial charge in [-0.1, -0.05) is 18.2 Å².